The lowest BCUT2D eigenvalue weighted by atomic mass is 10.1. The summed E-state index contributed by atoms with van der Waals surface area (Å²) in [7, 11) is 0. The van der Waals surface area contributed by atoms with Gasteiger partial charge in [0.1, 0.15) is 11.0 Å². The lowest BCUT2D eigenvalue weighted by Gasteiger charge is -2.12. The number of esters is 1. The first-order valence-electron chi connectivity index (χ1n) is 6.60. The topological polar surface area (TPSA) is 26.3 Å². The van der Waals surface area contributed by atoms with Crippen LogP contribution >= 0.6 is 22.9 Å². The molecule has 0 saturated heterocycles. The Morgan fingerprint density at radius 3 is 2.48 bits per heavy atom. The minimum Gasteiger partial charge on any atom is -0.454 e. The maximum absolute atomic E-state index is 12.3. The molecule has 0 fully saturated rings. The fraction of sp³-hybridized carbons (Fsp3) is 0.118. The van der Waals surface area contributed by atoms with E-state index in [1.165, 1.54) is 11.3 Å². The normalized spacial score (nSPS) is 12.3. The van der Waals surface area contributed by atoms with Crippen LogP contribution in [0.3, 0.4) is 0 Å². The highest BCUT2D eigenvalue weighted by Crippen LogP contribution is 2.36. The van der Waals surface area contributed by atoms with Crippen molar-refractivity contribution in [3.8, 4) is 0 Å². The molecule has 1 unspecified atom stereocenters. The number of ether oxygens (including phenoxy) is 1. The molecule has 0 aliphatic heterocycles. The van der Waals surface area contributed by atoms with Crippen LogP contribution in [-0.2, 0) is 4.74 Å². The van der Waals surface area contributed by atoms with Crippen molar-refractivity contribution in [3.63, 3.8) is 0 Å². The third-order valence-corrected chi connectivity index (χ3v) is 4.93. The van der Waals surface area contributed by atoms with Crippen LogP contribution in [0.5, 0.6) is 0 Å². The van der Waals surface area contributed by atoms with Crippen molar-refractivity contribution in [2.45, 2.75) is 13.0 Å². The van der Waals surface area contributed by atoms with Crippen LogP contribution < -0.4 is 0 Å². The van der Waals surface area contributed by atoms with Gasteiger partial charge in [-0.2, -0.15) is 0 Å². The summed E-state index contributed by atoms with van der Waals surface area (Å²) < 4.78 is 6.51. The van der Waals surface area contributed by atoms with E-state index in [4.69, 9.17) is 16.3 Å². The second kappa shape index (κ2) is 5.88. The largest absolute Gasteiger partial charge is 0.454 e. The Kier molecular flexibility index (Phi) is 3.95. The van der Waals surface area contributed by atoms with E-state index in [0.29, 0.717) is 9.90 Å². The fourth-order valence-corrected chi connectivity index (χ4v) is 3.54. The van der Waals surface area contributed by atoms with Gasteiger partial charge in [-0.3, -0.25) is 0 Å². The highest BCUT2D eigenvalue weighted by molar-refractivity contribution is 7.21. The Bertz CT molecular complexity index is 780. The van der Waals surface area contributed by atoms with E-state index in [2.05, 4.69) is 0 Å². The van der Waals surface area contributed by atoms with Crippen molar-refractivity contribution in [1.82, 2.24) is 0 Å². The van der Waals surface area contributed by atoms with Gasteiger partial charge in [0.25, 0.3) is 0 Å². The van der Waals surface area contributed by atoms with Crippen LogP contribution in [0.15, 0.2) is 54.6 Å². The van der Waals surface area contributed by atoms with Crippen LogP contribution in [0, 0.1) is 0 Å². The van der Waals surface area contributed by atoms with Crippen molar-refractivity contribution >= 4 is 39.0 Å². The molecule has 3 rings (SSSR count). The van der Waals surface area contributed by atoms with Gasteiger partial charge < -0.3 is 4.74 Å². The highest BCUT2D eigenvalue weighted by Gasteiger charge is 2.20. The lowest BCUT2D eigenvalue weighted by molar-refractivity contribution is 0.0344. The molecule has 0 spiro atoms. The zero-order chi connectivity index (χ0) is 14.8. The molecule has 2 nitrogen and oxygen atoms in total. The Balaban J connectivity index is 1.86. The minimum absolute atomic E-state index is 0.306. The molecule has 21 heavy (non-hydrogen) atoms. The summed E-state index contributed by atoms with van der Waals surface area (Å²) in [6, 6.07) is 17.3. The number of fused-ring (bicyclic) bond motifs is 1. The summed E-state index contributed by atoms with van der Waals surface area (Å²) in [6.07, 6.45) is -0.306. The zero-order valence-corrected chi connectivity index (χ0v) is 12.9. The molecule has 0 radical (unpaired) electrons. The molecule has 0 saturated carbocycles. The highest BCUT2D eigenvalue weighted by atomic mass is 35.5. The standard InChI is InChI=1S/C17H13ClO2S/c1-11(12-7-3-2-4-8-12)20-17(19)16-15(18)13-9-5-6-10-14(13)21-16/h2-11H,1H3. The van der Waals surface area contributed by atoms with Crippen LogP contribution in [0.2, 0.25) is 5.02 Å². The number of halogens is 1. The number of hydrogen-bond acceptors (Lipinski definition) is 3. The summed E-state index contributed by atoms with van der Waals surface area (Å²) in [6.45, 7) is 1.86. The van der Waals surface area contributed by atoms with Gasteiger partial charge in [0, 0.05) is 10.1 Å². The monoisotopic (exact) mass is 316 g/mol. The summed E-state index contributed by atoms with van der Waals surface area (Å²) in [5.41, 5.74) is 0.961. The molecule has 2 aromatic carbocycles. The molecule has 4 heteroatoms. The molecule has 1 aromatic heterocycles. The SMILES string of the molecule is CC(OC(=O)c1sc2ccccc2c1Cl)c1ccccc1. The zero-order valence-electron chi connectivity index (χ0n) is 11.4. The molecule has 0 amide bonds. The number of carbonyl (C=O) groups is 1. The molecule has 0 aliphatic carbocycles. The predicted octanol–water partition coefficient (Wildman–Crippen LogP) is 5.47. The van der Waals surface area contributed by atoms with Gasteiger partial charge >= 0.3 is 5.97 Å². The van der Waals surface area contributed by atoms with Gasteiger partial charge in [-0.15, -0.1) is 11.3 Å². The van der Waals surface area contributed by atoms with Crippen molar-refractivity contribution in [1.29, 1.82) is 0 Å². The summed E-state index contributed by atoms with van der Waals surface area (Å²) in [5, 5.41) is 1.37. The molecule has 0 N–H and O–H groups in total. The molecular weight excluding hydrogens is 304 g/mol. The minimum atomic E-state index is -0.377. The maximum atomic E-state index is 12.3. The third kappa shape index (κ3) is 2.80. The van der Waals surface area contributed by atoms with E-state index in [1.807, 2.05) is 61.5 Å². The van der Waals surface area contributed by atoms with Crippen LogP contribution in [0.1, 0.15) is 28.3 Å². The summed E-state index contributed by atoms with van der Waals surface area (Å²) in [4.78, 5) is 12.8. The van der Waals surface area contributed by atoms with Gasteiger partial charge in [-0.1, -0.05) is 60.1 Å². The van der Waals surface area contributed by atoms with Gasteiger partial charge in [0.15, 0.2) is 0 Å². The first-order chi connectivity index (χ1) is 10.2. The van der Waals surface area contributed by atoms with E-state index in [1.54, 1.807) is 0 Å². The van der Waals surface area contributed by atoms with Crippen molar-refractivity contribution in [3.05, 3.63) is 70.1 Å². The van der Waals surface area contributed by atoms with Crippen LogP contribution in [0.4, 0.5) is 0 Å². The lowest BCUT2D eigenvalue weighted by Crippen LogP contribution is -2.08. The van der Waals surface area contributed by atoms with E-state index in [9.17, 15) is 4.79 Å². The molecule has 3 aromatic rings. The third-order valence-electron chi connectivity index (χ3n) is 3.27. The van der Waals surface area contributed by atoms with Crippen LogP contribution in [-0.4, -0.2) is 5.97 Å². The Hall–Kier alpha value is -1.84. The van der Waals surface area contributed by atoms with Gasteiger partial charge in [0.05, 0.1) is 5.02 Å². The van der Waals surface area contributed by atoms with E-state index in [-0.39, 0.29) is 12.1 Å². The number of thiophene rings is 1. The molecule has 0 aliphatic rings. The first kappa shape index (κ1) is 14.1. The van der Waals surface area contributed by atoms with Gasteiger partial charge in [0.2, 0.25) is 0 Å². The molecule has 1 heterocycles. The average molecular weight is 317 g/mol. The molecule has 0 bridgehead atoms. The number of benzene rings is 2. The van der Waals surface area contributed by atoms with E-state index in [0.717, 1.165) is 15.6 Å². The number of carbonyl (C=O) groups excluding carboxylic acids is 1. The van der Waals surface area contributed by atoms with E-state index < -0.39 is 0 Å². The Morgan fingerprint density at radius 1 is 1.10 bits per heavy atom. The predicted molar refractivity (Wildman–Crippen MR) is 87.1 cm³/mol. The van der Waals surface area contributed by atoms with Crippen molar-refractivity contribution in [2.24, 2.45) is 0 Å². The average Bonchev–Trinajstić information content (AvgIpc) is 2.86. The van der Waals surface area contributed by atoms with Crippen molar-refractivity contribution in [2.75, 3.05) is 0 Å². The summed E-state index contributed by atoms with van der Waals surface area (Å²) >= 11 is 7.65. The fourth-order valence-electron chi connectivity index (χ4n) is 2.15. The van der Waals surface area contributed by atoms with E-state index >= 15 is 0 Å². The smallest absolute Gasteiger partial charge is 0.350 e. The number of rotatable bonds is 3. The quantitative estimate of drug-likeness (QED) is 0.599. The molecule has 106 valence electrons. The van der Waals surface area contributed by atoms with Crippen molar-refractivity contribution < 1.29 is 9.53 Å². The van der Waals surface area contributed by atoms with Crippen LogP contribution in [0.25, 0.3) is 10.1 Å². The first-order valence-corrected chi connectivity index (χ1v) is 7.79. The maximum Gasteiger partial charge on any atom is 0.350 e. The second-order valence-corrected chi connectivity index (χ2v) is 6.13. The summed E-state index contributed by atoms with van der Waals surface area (Å²) in [5.74, 6) is -0.377. The Morgan fingerprint density at radius 2 is 1.76 bits per heavy atom. The molecular formula is C17H13ClO2S. The number of hydrogen-bond donors (Lipinski definition) is 0. The second-order valence-electron chi connectivity index (χ2n) is 4.70. The Labute approximate surface area is 131 Å². The van der Waals surface area contributed by atoms with Gasteiger partial charge in [-0.05, 0) is 18.6 Å². The van der Waals surface area contributed by atoms with Gasteiger partial charge in [-0.25, -0.2) is 4.79 Å². The molecule has 1 atom stereocenters.